The van der Waals surface area contributed by atoms with Crippen LogP contribution in [0, 0.1) is 5.82 Å². The molecule has 0 bridgehead atoms. The van der Waals surface area contributed by atoms with E-state index in [0.717, 1.165) is 5.56 Å². The van der Waals surface area contributed by atoms with Gasteiger partial charge >= 0.3 is 0 Å². The zero-order valence-electron chi connectivity index (χ0n) is 10.8. The van der Waals surface area contributed by atoms with Crippen LogP contribution in [0.5, 0.6) is 0 Å². The Kier molecular flexibility index (Phi) is 5.03. The maximum atomic E-state index is 12.7. The van der Waals surface area contributed by atoms with Gasteiger partial charge in [-0.3, -0.25) is 0 Å². The SMILES string of the molecule is O[C@@H]1[C@@H](O)[C@H](/C=C/C=C/c2ccc(F)cc2)OC[C@H]1O. The third-order valence-electron chi connectivity index (χ3n) is 3.11. The van der Waals surface area contributed by atoms with E-state index >= 15 is 0 Å². The zero-order valence-corrected chi connectivity index (χ0v) is 10.8. The molecule has 1 aromatic rings. The molecule has 0 spiro atoms. The van der Waals surface area contributed by atoms with Crippen LogP contribution in [0.3, 0.4) is 0 Å². The quantitative estimate of drug-likeness (QED) is 0.719. The Labute approximate surface area is 116 Å². The second-order valence-corrected chi connectivity index (χ2v) is 4.64. The molecule has 2 rings (SSSR count). The van der Waals surface area contributed by atoms with Crippen LogP contribution in [-0.2, 0) is 4.74 Å². The van der Waals surface area contributed by atoms with E-state index in [1.165, 1.54) is 12.1 Å². The number of halogens is 1. The minimum atomic E-state index is -1.21. The maximum absolute atomic E-state index is 12.7. The topological polar surface area (TPSA) is 69.9 Å². The molecule has 20 heavy (non-hydrogen) atoms. The van der Waals surface area contributed by atoms with Crippen LogP contribution in [0.1, 0.15) is 5.56 Å². The Hall–Kier alpha value is -1.53. The molecule has 1 heterocycles. The lowest BCUT2D eigenvalue weighted by Crippen LogP contribution is -2.52. The van der Waals surface area contributed by atoms with Crippen LogP contribution in [0.4, 0.5) is 4.39 Å². The van der Waals surface area contributed by atoms with Gasteiger partial charge in [0.05, 0.1) is 6.61 Å². The lowest BCUT2D eigenvalue weighted by molar-refractivity contribution is -0.173. The number of hydrogen-bond donors (Lipinski definition) is 3. The first-order valence-corrected chi connectivity index (χ1v) is 6.34. The van der Waals surface area contributed by atoms with Crippen molar-refractivity contribution < 1.29 is 24.4 Å². The second kappa shape index (κ2) is 6.76. The average molecular weight is 280 g/mol. The van der Waals surface area contributed by atoms with Gasteiger partial charge in [0.1, 0.15) is 30.2 Å². The van der Waals surface area contributed by atoms with Gasteiger partial charge in [0.25, 0.3) is 0 Å². The molecule has 1 saturated heterocycles. The smallest absolute Gasteiger partial charge is 0.123 e. The van der Waals surface area contributed by atoms with Crippen molar-refractivity contribution in [2.45, 2.75) is 24.4 Å². The lowest BCUT2D eigenvalue weighted by Gasteiger charge is -2.33. The summed E-state index contributed by atoms with van der Waals surface area (Å²) < 4.78 is 17.9. The van der Waals surface area contributed by atoms with Crippen molar-refractivity contribution in [3.8, 4) is 0 Å². The summed E-state index contributed by atoms with van der Waals surface area (Å²) in [5.41, 5.74) is 0.844. The Morgan fingerprint density at radius 3 is 2.45 bits per heavy atom. The summed E-state index contributed by atoms with van der Waals surface area (Å²) in [7, 11) is 0. The fraction of sp³-hybridized carbons (Fsp3) is 0.333. The molecule has 0 saturated carbocycles. The van der Waals surface area contributed by atoms with Crippen molar-refractivity contribution in [2.75, 3.05) is 6.61 Å². The highest BCUT2D eigenvalue weighted by Crippen LogP contribution is 2.16. The van der Waals surface area contributed by atoms with Gasteiger partial charge in [0, 0.05) is 0 Å². The van der Waals surface area contributed by atoms with Gasteiger partial charge in [-0.2, -0.15) is 0 Å². The van der Waals surface area contributed by atoms with E-state index in [9.17, 15) is 19.7 Å². The third kappa shape index (κ3) is 3.74. The summed E-state index contributed by atoms with van der Waals surface area (Å²) in [6.45, 7) is -0.0189. The van der Waals surface area contributed by atoms with Crippen molar-refractivity contribution in [3.05, 3.63) is 53.9 Å². The van der Waals surface area contributed by atoms with Crippen molar-refractivity contribution in [2.24, 2.45) is 0 Å². The minimum absolute atomic E-state index is 0.0189. The molecule has 0 amide bonds. The molecule has 3 N–H and O–H groups in total. The largest absolute Gasteiger partial charge is 0.388 e. The molecular weight excluding hydrogens is 263 g/mol. The molecular formula is C15H17FO4. The Bertz CT molecular complexity index is 483. The zero-order chi connectivity index (χ0) is 14.5. The van der Waals surface area contributed by atoms with E-state index in [4.69, 9.17) is 4.74 Å². The second-order valence-electron chi connectivity index (χ2n) is 4.64. The lowest BCUT2D eigenvalue weighted by atomic mass is 10.00. The molecule has 0 radical (unpaired) electrons. The van der Waals surface area contributed by atoms with Crippen molar-refractivity contribution >= 4 is 6.08 Å². The molecule has 0 unspecified atom stereocenters. The predicted octanol–water partition coefficient (Wildman–Crippen LogP) is 0.877. The number of rotatable bonds is 3. The number of allylic oxidation sites excluding steroid dienone is 2. The number of ether oxygens (including phenoxy) is 1. The van der Waals surface area contributed by atoms with Crippen LogP contribution in [0.25, 0.3) is 6.08 Å². The predicted molar refractivity (Wildman–Crippen MR) is 72.3 cm³/mol. The fourth-order valence-corrected chi connectivity index (χ4v) is 1.91. The van der Waals surface area contributed by atoms with E-state index < -0.39 is 24.4 Å². The van der Waals surface area contributed by atoms with Crippen LogP contribution in [0.15, 0.2) is 42.5 Å². The van der Waals surface area contributed by atoms with E-state index in [0.29, 0.717) is 0 Å². The van der Waals surface area contributed by atoms with E-state index in [1.807, 2.05) is 0 Å². The first kappa shape index (κ1) is 14.9. The van der Waals surface area contributed by atoms with Crippen LogP contribution in [-0.4, -0.2) is 46.3 Å². The molecule has 1 aromatic carbocycles. The van der Waals surface area contributed by atoms with Gasteiger partial charge in [-0.1, -0.05) is 36.4 Å². The Morgan fingerprint density at radius 2 is 1.75 bits per heavy atom. The van der Waals surface area contributed by atoms with Crippen molar-refractivity contribution in [1.29, 1.82) is 0 Å². The number of aliphatic hydroxyl groups is 3. The van der Waals surface area contributed by atoms with Gasteiger partial charge in [0.15, 0.2) is 0 Å². The summed E-state index contributed by atoms with van der Waals surface area (Å²) in [5, 5.41) is 28.5. The van der Waals surface area contributed by atoms with Crippen LogP contribution >= 0.6 is 0 Å². The summed E-state index contributed by atoms with van der Waals surface area (Å²) in [4.78, 5) is 0. The monoisotopic (exact) mass is 280 g/mol. The van der Waals surface area contributed by atoms with Crippen LogP contribution in [0.2, 0.25) is 0 Å². The van der Waals surface area contributed by atoms with Gasteiger partial charge in [0.2, 0.25) is 0 Å². The molecule has 108 valence electrons. The van der Waals surface area contributed by atoms with E-state index in [1.54, 1.807) is 36.4 Å². The summed E-state index contributed by atoms with van der Waals surface area (Å²) >= 11 is 0. The number of aliphatic hydroxyl groups excluding tert-OH is 3. The first-order chi connectivity index (χ1) is 9.58. The molecule has 1 fully saturated rings. The normalized spacial score (nSPS) is 31.2. The minimum Gasteiger partial charge on any atom is -0.388 e. The molecule has 0 aromatic heterocycles. The molecule has 4 nitrogen and oxygen atoms in total. The summed E-state index contributed by atoms with van der Waals surface area (Å²) in [5.74, 6) is -0.288. The van der Waals surface area contributed by atoms with Crippen molar-refractivity contribution in [1.82, 2.24) is 0 Å². The number of hydrogen-bond acceptors (Lipinski definition) is 4. The standard InChI is InChI=1S/C15H17FO4/c16-11-7-5-10(6-8-11)3-1-2-4-13-15(19)14(18)12(17)9-20-13/h1-8,12-15,17-19H,9H2/b3-1+,4-2+/t12-,13+,14+,15+/m1/s1. The Morgan fingerprint density at radius 1 is 1.05 bits per heavy atom. The van der Waals surface area contributed by atoms with Gasteiger partial charge in [-0.25, -0.2) is 4.39 Å². The average Bonchev–Trinajstić information content (AvgIpc) is 2.45. The van der Waals surface area contributed by atoms with Gasteiger partial charge in [-0.05, 0) is 17.7 Å². The summed E-state index contributed by atoms with van der Waals surface area (Å²) in [6.07, 6.45) is 2.67. The van der Waals surface area contributed by atoms with E-state index in [2.05, 4.69) is 0 Å². The van der Waals surface area contributed by atoms with Crippen molar-refractivity contribution in [3.63, 3.8) is 0 Å². The fourth-order valence-electron chi connectivity index (χ4n) is 1.91. The Balaban J connectivity index is 1.91. The molecule has 0 aliphatic carbocycles. The van der Waals surface area contributed by atoms with Gasteiger partial charge in [-0.15, -0.1) is 0 Å². The summed E-state index contributed by atoms with van der Waals surface area (Å²) in [6, 6.07) is 6.03. The first-order valence-electron chi connectivity index (χ1n) is 6.34. The number of benzene rings is 1. The molecule has 5 heteroatoms. The highest BCUT2D eigenvalue weighted by Gasteiger charge is 2.35. The van der Waals surface area contributed by atoms with E-state index in [-0.39, 0.29) is 12.4 Å². The van der Waals surface area contributed by atoms with Gasteiger partial charge < -0.3 is 20.1 Å². The molecule has 4 atom stereocenters. The highest BCUT2D eigenvalue weighted by atomic mass is 19.1. The maximum Gasteiger partial charge on any atom is 0.123 e. The van der Waals surface area contributed by atoms with Crippen LogP contribution < -0.4 is 0 Å². The third-order valence-corrected chi connectivity index (χ3v) is 3.11. The molecule has 1 aliphatic heterocycles. The highest BCUT2D eigenvalue weighted by molar-refractivity contribution is 5.50. The molecule has 1 aliphatic rings.